The smallest absolute Gasteiger partial charge is 0.372 e. The third kappa shape index (κ3) is 3.05. The van der Waals surface area contributed by atoms with Crippen LogP contribution in [0.1, 0.15) is 41.5 Å². The van der Waals surface area contributed by atoms with Crippen LogP contribution in [-0.4, -0.2) is 19.2 Å². The molecule has 0 bridgehead atoms. The summed E-state index contributed by atoms with van der Waals surface area (Å²) in [4.78, 5) is 0. The van der Waals surface area contributed by atoms with E-state index in [1.807, 2.05) is 13.0 Å². The number of hydrogen-bond donors (Lipinski definition) is 1. The van der Waals surface area contributed by atoms with E-state index in [4.69, 9.17) is 4.74 Å². The Balaban J connectivity index is 0.00000161. The van der Waals surface area contributed by atoms with E-state index in [9.17, 15) is 13.2 Å². The van der Waals surface area contributed by atoms with Gasteiger partial charge in [0, 0.05) is 19.0 Å². The summed E-state index contributed by atoms with van der Waals surface area (Å²) in [5.41, 5.74) is 1.45. The number of aryl methyl sites for hydroxylation is 1. The molecule has 2 nitrogen and oxygen atoms in total. The molecule has 21 heavy (non-hydrogen) atoms. The first kappa shape index (κ1) is 16.6. The highest BCUT2D eigenvalue weighted by Crippen LogP contribution is 2.41. The molecule has 3 rings (SSSR count). The minimum Gasteiger partial charge on any atom is -0.372 e. The third-order valence-corrected chi connectivity index (χ3v) is 4.19. The van der Waals surface area contributed by atoms with Crippen LogP contribution in [0, 0.1) is 0 Å². The van der Waals surface area contributed by atoms with Gasteiger partial charge in [0.25, 0.3) is 0 Å². The van der Waals surface area contributed by atoms with E-state index >= 15 is 0 Å². The van der Waals surface area contributed by atoms with Crippen molar-refractivity contribution in [2.24, 2.45) is 0 Å². The largest absolute Gasteiger partial charge is 0.416 e. The molecule has 0 unspecified atom stereocenters. The lowest BCUT2D eigenvalue weighted by molar-refractivity contribution is -0.139. The summed E-state index contributed by atoms with van der Waals surface area (Å²) in [7, 11) is 0. The molecule has 1 saturated heterocycles. The summed E-state index contributed by atoms with van der Waals surface area (Å²) in [5, 5.41) is 3.21. The summed E-state index contributed by atoms with van der Waals surface area (Å²) < 4.78 is 45.4. The van der Waals surface area contributed by atoms with Crippen LogP contribution in [0.4, 0.5) is 13.2 Å². The molecular formula is C15H19ClF3NO. The Morgan fingerprint density at radius 2 is 2.05 bits per heavy atom. The van der Waals surface area contributed by atoms with Crippen molar-refractivity contribution in [2.75, 3.05) is 13.1 Å². The molecule has 0 spiro atoms. The molecule has 1 N–H and O–H groups in total. The van der Waals surface area contributed by atoms with Crippen molar-refractivity contribution in [1.29, 1.82) is 0 Å². The Hall–Kier alpha value is -0.780. The molecule has 2 aliphatic heterocycles. The van der Waals surface area contributed by atoms with E-state index in [0.717, 1.165) is 24.1 Å². The number of rotatable bonds is 2. The molecule has 118 valence electrons. The first-order chi connectivity index (χ1) is 9.50. The standard InChI is InChI=1S/C15H18F3NO.ClH/c1-2-3-9-4-10-11-6-19-7-14(11)20-8-12(10)13(5-9)15(16,17)18;/h4-5,11,14,19H,2-3,6-8H2,1H3;1H/t11-,14-;/m0./s1. The van der Waals surface area contributed by atoms with Gasteiger partial charge in [-0.2, -0.15) is 13.2 Å². The minimum atomic E-state index is -4.31. The average Bonchev–Trinajstić information content (AvgIpc) is 2.85. The van der Waals surface area contributed by atoms with Gasteiger partial charge in [-0.1, -0.05) is 19.4 Å². The molecule has 2 atom stereocenters. The van der Waals surface area contributed by atoms with Gasteiger partial charge in [-0.25, -0.2) is 0 Å². The normalized spacial score (nSPS) is 24.2. The number of alkyl halides is 3. The predicted molar refractivity (Wildman–Crippen MR) is 76.9 cm³/mol. The maximum atomic E-state index is 13.3. The van der Waals surface area contributed by atoms with Gasteiger partial charge in [-0.05, 0) is 29.2 Å². The second-order valence-corrected chi connectivity index (χ2v) is 5.57. The van der Waals surface area contributed by atoms with E-state index in [1.165, 1.54) is 6.07 Å². The zero-order valence-corrected chi connectivity index (χ0v) is 12.6. The number of halogens is 4. The van der Waals surface area contributed by atoms with E-state index < -0.39 is 11.7 Å². The van der Waals surface area contributed by atoms with Crippen molar-refractivity contribution in [3.05, 3.63) is 34.4 Å². The summed E-state index contributed by atoms with van der Waals surface area (Å²) in [6.45, 7) is 3.48. The Bertz CT molecular complexity index is 518. The lowest BCUT2D eigenvalue weighted by Gasteiger charge is -2.30. The van der Waals surface area contributed by atoms with E-state index in [0.29, 0.717) is 18.5 Å². The van der Waals surface area contributed by atoms with Crippen LogP contribution in [0.3, 0.4) is 0 Å². The third-order valence-electron chi connectivity index (χ3n) is 4.19. The Morgan fingerprint density at radius 1 is 1.29 bits per heavy atom. The summed E-state index contributed by atoms with van der Waals surface area (Å²) in [6, 6.07) is 3.26. The molecule has 1 aromatic carbocycles. The first-order valence-electron chi connectivity index (χ1n) is 7.06. The molecule has 0 aliphatic carbocycles. The SMILES string of the molecule is CCCc1cc2c(c(C(F)(F)F)c1)CO[C@H]1CNC[C@@H]21.Cl. The van der Waals surface area contributed by atoms with Gasteiger partial charge in [0.05, 0.1) is 18.3 Å². The highest BCUT2D eigenvalue weighted by molar-refractivity contribution is 5.85. The number of nitrogens with one attached hydrogen (secondary N) is 1. The molecule has 6 heteroatoms. The molecule has 0 radical (unpaired) electrons. The van der Waals surface area contributed by atoms with Crippen LogP contribution in [0.15, 0.2) is 12.1 Å². The molecule has 0 aromatic heterocycles. The highest BCUT2D eigenvalue weighted by Gasteiger charge is 2.41. The number of ether oxygens (including phenoxy) is 1. The maximum absolute atomic E-state index is 13.3. The van der Waals surface area contributed by atoms with Crippen LogP contribution in [-0.2, 0) is 23.9 Å². The first-order valence-corrected chi connectivity index (χ1v) is 7.06. The average molecular weight is 322 g/mol. The fourth-order valence-corrected chi connectivity index (χ4v) is 3.26. The van der Waals surface area contributed by atoms with Gasteiger partial charge in [-0.3, -0.25) is 0 Å². The Labute approximate surface area is 128 Å². The summed E-state index contributed by atoms with van der Waals surface area (Å²) in [5.74, 6) is 0.0525. The van der Waals surface area contributed by atoms with E-state index in [1.54, 1.807) is 0 Å². The fraction of sp³-hybridized carbons (Fsp3) is 0.600. The maximum Gasteiger partial charge on any atom is 0.416 e. The summed E-state index contributed by atoms with van der Waals surface area (Å²) in [6.07, 6.45) is -2.77. The van der Waals surface area contributed by atoms with Crippen molar-refractivity contribution in [2.45, 2.75) is 44.6 Å². The van der Waals surface area contributed by atoms with Gasteiger partial charge >= 0.3 is 6.18 Å². The monoisotopic (exact) mass is 321 g/mol. The van der Waals surface area contributed by atoms with Crippen LogP contribution in [0.2, 0.25) is 0 Å². The van der Waals surface area contributed by atoms with Crippen LogP contribution < -0.4 is 5.32 Å². The van der Waals surface area contributed by atoms with Crippen LogP contribution in [0.25, 0.3) is 0 Å². The van der Waals surface area contributed by atoms with Crippen molar-refractivity contribution < 1.29 is 17.9 Å². The number of benzene rings is 1. The van der Waals surface area contributed by atoms with Crippen LogP contribution >= 0.6 is 12.4 Å². The number of hydrogen-bond acceptors (Lipinski definition) is 2. The molecule has 0 amide bonds. The van der Waals surface area contributed by atoms with E-state index in [-0.39, 0.29) is 31.0 Å². The molecule has 0 saturated carbocycles. The zero-order chi connectivity index (χ0) is 14.3. The summed E-state index contributed by atoms with van der Waals surface area (Å²) >= 11 is 0. The molecule has 1 fully saturated rings. The van der Waals surface area contributed by atoms with Crippen LogP contribution in [0.5, 0.6) is 0 Å². The van der Waals surface area contributed by atoms with Gasteiger partial charge in [0.2, 0.25) is 0 Å². The van der Waals surface area contributed by atoms with Gasteiger partial charge in [-0.15, -0.1) is 12.4 Å². The fourth-order valence-electron chi connectivity index (χ4n) is 3.26. The highest BCUT2D eigenvalue weighted by atomic mass is 35.5. The lowest BCUT2D eigenvalue weighted by atomic mass is 9.85. The quantitative estimate of drug-likeness (QED) is 0.897. The molecule has 2 heterocycles. The lowest BCUT2D eigenvalue weighted by Crippen LogP contribution is -2.29. The zero-order valence-electron chi connectivity index (χ0n) is 11.8. The van der Waals surface area contributed by atoms with Crippen molar-refractivity contribution in [3.63, 3.8) is 0 Å². The number of fused-ring (bicyclic) bond motifs is 3. The predicted octanol–water partition coefficient (Wildman–Crippen LogP) is 3.67. The second kappa shape index (κ2) is 6.15. The van der Waals surface area contributed by atoms with E-state index in [2.05, 4.69) is 5.32 Å². The molecule has 2 aliphatic rings. The van der Waals surface area contributed by atoms with Gasteiger partial charge in [0.15, 0.2) is 0 Å². The van der Waals surface area contributed by atoms with Gasteiger partial charge in [0.1, 0.15) is 0 Å². The van der Waals surface area contributed by atoms with Gasteiger partial charge < -0.3 is 10.1 Å². The second-order valence-electron chi connectivity index (χ2n) is 5.57. The minimum absolute atomic E-state index is 0. The molecular weight excluding hydrogens is 303 g/mol. The van der Waals surface area contributed by atoms with Crippen molar-refractivity contribution in [1.82, 2.24) is 5.32 Å². The van der Waals surface area contributed by atoms with Crippen molar-refractivity contribution in [3.8, 4) is 0 Å². The topological polar surface area (TPSA) is 21.3 Å². The Kier molecular flexibility index (Phi) is 4.85. The van der Waals surface area contributed by atoms with Crippen molar-refractivity contribution >= 4 is 12.4 Å². The molecule has 1 aromatic rings. The Morgan fingerprint density at radius 3 is 2.71 bits per heavy atom.